The number of unbranched alkanes of at least 4 members (excludes halogenated alkanes) is 3. The SMILES string of the molecule is CCCCCCc1ccc(CCc2ccc(CN(Cc3ccc(C(F)(F)F)cc3)OC(C)=O)cc2)cc1. The standard InChI is InChI=1S/C31H36F3NO2/c1-3-4-5-6-7-25-8-10-26(11-9-25)12-13-27-14-16-28(17-15-27)22-35(37-24(2)36)23-29-18-20-30(21-19-29)31(32,33)34/h8-11,14-21H,3-7,12-13,22-23H2,1-2H3. The molecule has 0 fully saturated rings. The van der Waals surface area contributed by atoms with Gasteiger partial charge in [-0.3, -0.25) is 4.79 Å². The van der Waals surface area contributed by atoms with E-state index in [-0.39, 0.29) is 6.54 Å². The number of carbonyl (C=O) groups excluding carboxylic acids is 1. The second-order valence-electron chi connectivity index (χ2n) is 9.52. The first kappa shape index (κ1) is 28.5. The first-order valence-electron chi connectivity index (χ1n) is 13.0. The first-order chi connectivity index (χ1) is 17.7. The molecule has 0 amide bonds. The van der Waals surface area contributed by atoms with E-state index < -0.39 is 17.7 Å². The van der Waals surface area contributed by atoms with Gasteiger partial charge >= 0.3 is 12.1 Å². The Balaban J connectivity index is 1.52. The molecule has 0 atom stereocenters. The lowest BCUT2D eigenvalue weighted by atomic mass is 10.0. The van der Waals surface area contributed by atoms with Crippen LogP contribution >= 0.6 is 0 Å². The molecule has 0 aromatic heterocycles. The largest absolute Gasteiger partial charge is 0.416 e. The Kier molecular flexibility index (Phi) is 10.8. The maximum atomic E-state index is 12.8. The van der Waals surface area contributed by atoms with Crippen LogP contribution < -0.4 is 0 Å². The molecule has 0 heterocycles. The van der Waals surface area contributed by atoms with Gasteiger partial charge < -0.3 is 4.84 Å². The van der Waals surface area contributed by atoms with Crippen LogP contribution in [0.1, 0.15) is 72.9 Å². The van der Waals surface area contributed by atoms with E-state index >= 15 is 0 Å². The van der Waals surface area contributed by atoms with E-state index in [0.29, 0.717) is 12.1 Å². The van der Waals surface area contributed by atoms with E-state index in [2.05, 4.69) is 43.3 Å². The lowest BCUT2D eigenvalue weighted by Crippen LogP contribution is -2.25. The summed E-state index contributed by atoms with van der Waals surface area (Å²) in [6.07, 6.45) is 3.75. The molecule has 0 radical (unpaired) electrons. The van der Waals surface area contributed by atoms with E-state index in [4.69, 9.17) is 4.84 Å². The summed E-state index contributed by atoms with van der Waals surface area (Å²) in [6.45, 7) is 4.06. The van der Waals surface area contributed by atoms with Gasteiger partial charge in [0.15, 0.2) is 0 Å². The van der Waals surface area contributed by atoms with Crippen molar-refractivity contribution in [2.75, 3.05) is 0 Å². The Morgan fingerprint density at radius 2 is 1.11 bits per heavy atom. The third-order valence-electron chi connectivity index (χ3n) is 6.32. The average Bonchev–Trinajstić information content (AvgIpc) is 2.86. The fourth-order valence-corrected chi connectivity index (χ4v) is 4.24. The number of halogens is 3. The molecule has 0 aliphatic rings. The zero-order chi connectivity index (χ0) is 26.7. The van der Waals surface area contributed by atoms with Crippen molar-refractivity contribution in [1.82, 2.24) is 5.06 Å². The average molecular weight is 512 g/mol. The summed E-state index contributed by atoms with van der Waals surface area (Å²) in [4.78, 5) is 16.9. The van der Waals surface area contributed by atoms with Crippen molar-refractivity contribution in [2.45, 2.75) is 78.1 Å². The minimum absolute atomic E-state index is 0.189. The van der Waals surface area contributed by atoms with E-state index in [0.717, 1.165) is 37.0 Å². The lowest BCUT2D eigenvalue weighted by Gasteiger charge is -2.21. The number of hydroxylamine groups is 2. The highest BCUT2D eigenvalue weighted by Gasteiger charge is 2.30. The van der Waals surface area contributed by atoms with Gasteiger partial charge in [0, 0.05) is 6.92 Å². The molecular weight excluding hydrogens is 475 g/mol. The summed E-state index contributed by atoms with van der Waals surface area (Å²) in [7, 11) is 0. The summed E-state index contributed by atoms with van der Waals surface area (Å²) in [5.41, 5.74) is 4.80. The van der Waals surface area contributed by atoms with E-state index in [1.165, 1.54) is 66.5 Å². The molecule has 3 rings (SSSR count). The molecule has 0 bridgehead atoms. The monoisotopic (exact) mass is 511 g/mol. The van der Waals surface area contributed by atoms with Crippen LogP contribution in [-0.4, -0.2) is 11.0 Å². The maximum Gasteiger partial charge on any atom is 0.416 e. The van der Waals surface area contributed by atoms with Crippen LogP contribution in [0.25, 0.3) is 0 Å². The predicted molar refractivity (Wildman–Crippen MR) is 141 cm³/mol. The Morgan fingerprint density at radius 3 is 1.54 bits per heavy atom. The molecule has 6 heteroatoms. The van der Waals surface area contributed by atoms with Gasteiger partial charge in [-0.05, 0) is 65.6 Å². The van der Waals surface area contributed by atoms with Gasteiger partial charge in [-0.15, -0.1) is 5.06 Å². The molecule has 0 spiro atoms. The topological polar surface area (TPSA) is 29.5 Å². The van der Waals surface area contributed by atoms with Crippen molar-refractivity contribution >= 4 is 5.97 Å². The molecule has 0 N–H and O–H groups in total. The normalized spacial score (nSPS) is 11.6. The van der Waals surface area contributed by atoms with E-state index in [1.807, 2.05) is 12.1 Å². The first-order valence-corrected chi connectivity index (χ1v) is 13.0. The number of carbonyl (C=O) groups is 1. The van der Waals surface area contributed by atoms with Crippen molar-refractivity contribution in [2.24, 2.45) is 0 Å². The van der Waals surface area contributed by atoms with Gasteiger partial charge in [0.05, 0.1) is 18.7 Å². The van der Waals surface area contributed by atoms with Crippen LogP contribution in [0.5, 0.6) is 0 Å². The Hall–Kier alpha value is -3.12. The number of rotatable bonds is 13. The Labute approximate surface area is 218 Å². The quantitative estimate of drug-likeness (QED) is 0.172. The third kappa shape index (κ3) is 10.0. The summed E-state index contributed by atoms with van der Waals surface area (Å²) in [6, 6.07) is 22.0. The molecular formula is C31H36F3NO2. The van der Waals surface area contributed by atoms with Crippen LogP contribution in [0.3, 0.4) is 0 Å². The summed E-state index contributed by atoms with van der Waals surface area (Å²) in [5.74, 6) is -0.476. The van der Waals surface area contributed by atoms with Crippen molar-refractivity contribution in [3.05, 3.63) is 106 Å². The third-order valence-corrected chi connectivity index (χ3v) is 6.32. The molecule has 0 aliphatic heterocycles. The van der Waals surface area contributed by atoms with E-state index in [1.54, 1.807) is 0 Å². The summed E-state index contributed by atoms with van der Waals surface area (Å²) < 4.78 is 38.5. The fourth-order valence-electron chi connectivity index (χ4n) is 4.24. The zero-order valence-corrected chi connectivity index (χ0v) is 21.7. The molecule has 0 unspecified atom stereocenters. The van der Waals surface area contributed by atoms with Gasteiger partial charge in [-0.25, -0.2) is 0 Å². The Morgan fingerprint density at radius 1 is 0.676 bits per heavy atom. The second kappa shape index (κ2) is 14.0. The van der Waals surface area contributed by atoms with Crippen LogP contribution in [-0.2, 0) is 48.2 Å². The van der Waals surface area contributed by atoms with Gasteiger partial charge in [0.25, 0.3) is 0 Å². The van der Waals surface area contributed by atoms with Crippen LogP contribution in [0.2, 0.25) is 0 Å². The minimum Gasteiger partial charge on any atom is -0.368 e. The number of benzene rings is 3. The number of alkyl halides is 3. The lowest BCUT2D eigenvalue weighted by molar-refractivity contribution is -0.194. The zero-order valence-electron chi connectivity index (χ0n) is 21.7. The van der Waals surface area contributed by atoms with Crippen molar-refractivity contribution in [1.29, 1.82) is 0 Å². The van der Waals surface area contributed by atoms with E-state index in [9.17, 15) is 18.0 Å². The second-order valence-corrected chi connectivity index (χ2v) is 9.52. The number of aryl methyl sites for hydroxylation is 3. The fraction of sp³-hybridized carbons (Fsp3) is 0.387. The van der Waals surface area contributed by atoms with Gasteiger partial charge in [-0.2, -0.15) is 13.2 Å². The molecule has 3 nitrogen and oxygen atoms in total. The molecule has 3 aromatic carbocycles. The van der Waals surface area contributed by atoms with Gasteiger partial charge in [-0.1, -0.05) is 86.8 Å². The van der Waals surface area contributed by atoms with Crippen LogP contribution in [0.4, 0.5) is 13.2 Å². The molecule has 0 saturated carbocycles. The predicted octanol–water partition coefficient (Wildman–Crippen LogP) is 8.09. The highest BCUT2D eigenvalue weighted by atomic mass is 19.4. The van der Waals surface area contributed by atoms with Crippen molar-refractivity contribution in [3.63, 3.8) is 0 Å². The molecule has 198 valence electrons. The molecule has 0 saturated heterocycles. The minimum atomic E-state index is -4.38. The number of hydrogen-bond acceptors (Lipinski definition) is 3. The highest BCUT2D eigenvalue weighted by molar-refractivity contribution is 5.65. The summed E-state index contributed by atoms with van der Waals surface area (Å²) in [5, 5.41) is 1.46. The maximum absolute atomic E-state index is 12.8. The smallest absolute Gasteiger partial charge is 0.368 e. The van der Waals surface area contributed by atoms with Gasteiger partial charge in [0.1, 0.15) is 0 Å². The van der Waals surface area contributed by atoms with Crippen LogP contribution in [0, 0.1) is 0 Å². The van der Waals surface area contributed by atoms with Gasteiger partial charge in [0.2, 0.25) is 0 Å². The van der Waals surface area contributed by atoms with Crippen molar-refractivity contribution in [3.8, 4) is 0 Å². The molecule has 3 aromatic rings. The van der Waals surface area contributed by atoms with Crippen molar-refractivity contribution < 1.29 is 22.8 Å². The Bertz CT molecular complexity index is 1090. The number of nitrogens with zero attached hydrogens (tertiary/aromatic N) is 1. The number of hydrogen-bond donors (Lipinski definition) is 0. The highest BCUT2D eigenvalue weighted by Crippen LogP contribution is 2.29. The molecule has 0 aliphatic carbocycles. The van der Waals surface area contributed by atoms with Crippen LogP contribution in [0.15, 0.2) is 72.8 Å². The molecule has 37 heavy (non-hydrogen) atoms. The summed E-state index contributed by atoms with van der Waals surface area (Å²) >= 11 is 0.